The summed E-state index contributed by atoms with van der Waals surface area (Å²) in [5.41, 5.74) is 5.55. The van der Waals surface area contributed by atoms with Crippen LogP contribution in [0.25, 0.3) is 10.8 Å². The fraction of sp³-hybridized carbons (Fsp3) is 0.250. The molecule has 0 aromatic heterocycles. The summed E-state index contributed by atoms with van der Waals surface area (Å²) < 4.78 is 0. The van der Waals surface area contributed by atoms with Gasteiger partial charge in [0.25, 0.3) is 5.91 Å². The number of benzene rings is 4. The molecule has 0 heterocycles. The Kier molecular flexibility index (Phi) is 5.59. The van der Waals surface area contributed by atoms with Gasteiger partial charge in [-0.1, -0.05) is 76.2 Å². The molecule has 0 radical (unpaired) electrons. The molecular weight excluding hydrogens is 430 g/mol. The first-order valence-corrected chi connectivity index (χ1v) is 12.2. The van der Waals surface area contributed by atoms with Crippen molar-refractivity contribution in [1.29, 1.82) is 0 Å². The molecule has 3 nitrogen and oxygen atoms in total. The number of anilines is 1. The average Bonchev–Trinajstić information content (AvgIpc) is 2.86. The predicted octanol–water partition coefficient (Wildman–Crippen LogP) is 7.67. The molecule has 0 spiro atoms. The number of fused-ring (bicyclic) bond motifs is 2. The zero-order valence-electron chi connectivity index (χ0n) is 20.8. The van der Waals surface area contributed by atoms with Gasteiger partial charge in [0.1, 0.15) is 0 Å². The van der Waals surface area contributed by atoms with Gasteiger partial charge in [-0.25, -0.2) is 0 Å². The highest BCUT2D eigenvalue weighted by molar-refractivity contribution is 6.11. The summed E-state index contributed by atoms with van der Waals surface area (Å²) in [5, 5.41) is 4.78. The van der Waals surface area contributed by atoms with E-state index in [9.17, 15) is 9.59 Å². The van der Waals surface area contributed by atoms with Crippen molar-refractivity contribution in [1.82, 2.24) is 0 Å². The molecule has 4 aromatic rings. The van der Waals surface area contributed by atoms with Gasteiger partial charge in [-0.05, 0) is 82.0 Å². The normalized spacial score (nSPS) is 15.9. The summed E-state index contributed by atoms with van der Waals surface area (Å²) >= 11 is 0. The number of amides is 1. The second-order valence-electron chi connectivity index (χ2n) is 11.0. The molecule has 0 saturated heterocycles. The van der Waals surface area contributed by atoms with E-state index in [1.54, 1.807) is 6.07 Å². The molecule has 1 amide bonds. The monoisotopic (exact) mass is 461 g/mol. The summed E-state index contributed by atoms with van der Waals surface area (Å²) in [5.74, 6) is -0.127. The third-order valence-electron chi connectivity index (χ3n) is 7.51. The molecule has 0 atom stereocenters. The van der Waals surface area contributed by atoms with E-state index >= 15 is 0 Å². The first-order valence-electron chi connectivity index (χ1n) is 12.2. The summed E-state index contributed by atoms with van der Waals surface area (Å²) in [6.07, 6.45) is 2.26. The van der Waals surface area contributed by atoms with Crippen LogP contribution in [0.2, 0.25) is 0 Å². The van der Waals surface area contributed by atoms with Crippen LogP contribution in [-0.2, 0) is 10.8 Å². The maximum atomic E-state index is 13.5. The Morgan fingerprint density at radius 3 is 1.86 bits per heavy atom. The van der Waals surface area contributed by atoms with Gasteiger partial charge in [0.2, 0.25) is 0 Å². The van der Waals surface area contributed by atoms with E-state index < -0.39 is 0 Å². The lowest BCUT2D eigenvalue weighted by Crippen LogP contribution is -2.34. The Bertz CT molecular complexity index is 1450. The van der Waals surface area contributed by atoms with Gasteiger partial charge < -0.3 is 5.32 Å². The van der Waals surface area contributed by atoms with Gasteiger partial charge in [-0.2, -0.15) is 0 Å². The molecule has 4 aromatic carbocycles. The Balaban J connectivity index is 1.43. The number of ketones is 1. The van der Waals surface area contributed by atoms with Crippen LogP contribution in [0.3, 0.4) is 0 Å². The average molecular weight is 462 g/mol. The van der Waals surface area contributed by atoms with Crippen LogP contribution in [-0.4, -0.2) is 11.7 Å². The highest BCUT2D eigenvalue weighted by atomic mass is 16.1. The van der Waals surface area contributed by atoms with E-state index in [2.05, 4.69) is 45.1 Å². The van der Waals surface area contributed by atoms with E-state index in [-0.39, 0.29) is 22.5 Å². The minimum atomic E-state index is -0.155. The maximum absolute atomic E-state index is 13.5. The maximum Gasteiger partial charge on any atom is 0.255 e. The summed E-state index contributed by atoms with van der Waals surface area (Å²) in [6.45, 7) is 9.13. The molecule has 5 rings (SSSR count). The third kappa shape index (κ3) is 4.39. The van der Waals surface area contributed by atoms with Crippen LogP contribution in [0.15, 0.2) is 84.9 Å². The zero-order chi connectivity index (χ0) is 24.8. The molecule has 3 heteroatoms. The summed E-state index contributed by atoms with van der Waals surface area (Å²) in [7, 11) is 0. The second kappa shape index (κ2) is 8.49. The van der Waals surface area contributed by atoms with Crippen molar-refractivity contribution in [3.8, 4) is 0 Å². The lowest BCUT2D eigenvalue weighted by molar-refractivity contribution is 0.102. The molecule has 0 bridgehead atoms. The lowest BCUT2D eigenvalue weighted by Gasteiger charge is -2.42. The molecular formula is C32H31NO2. The number of carbonyl (C=O) groups excluding carboxylic acids is 2. The largest absolute Gasteiger partial charge is 0.322 e. The van der Waals surface area contributed by atoms with Crippen LogP contribution >= 0.6 is 0 Å². The van der Waals surface area contributed by atoms with E-state index in [1.165, 1.54) is 11.1 Å². The Morgan fingerprint density at radius 2 is 1.17 bits per heavy atom. The van der Waals surface area contributed by atoms with Gasteiger partial charge in [0, 0.05) is 22.4 Å². The van der Waals surface area contributed by atoms with Crippen molar-refractivity contribution in [2.75, 3.05) is 5.32 Å². The molecule has 0 aliphatic heterocycles. The predicted molar refractivity (Wildman–Crippen MR) is 144 cm³/mol. The van der Waals surface area contributed by atoms with Crippen LogP contribution in [0, 0.1) is 0 Å². The highest BCUT2D eigenvalue weighted by Crippen LogP contribution is 2.46. The van der Waals surface area contributed by atoms with Crippen LogP contribution in [0.1, 0.15) is 77.9 Å². The van der Waals surface area contributed by atoms with Crippen molar-refractivity contribution >= 4 is 28.2 Å². The standard InChI is InChI=1S/C32H31NO2/c1-31(2)16-17-32(3,4)28-20-24(14-15-27(28)31)29(34)23-12-10-22-19-25(13-11-21(22)18-23)30(35)33-26-8-6-5-7-9-26/h5-15,18-20H,16-17H2,1-4H3,(H,33,35). The van der Waals surface area contributed by atoms with Crippen molar-refractivity contribution in [2.24, 2.45) is 0 Å². The molecule has 0 fully saturated rings. The lowest BCUT2D eigenvalue weighted by atomic mass is 9.63. The molecule has 1 aliphatic carbocycles. The molecule has 0 unspecified atom stereocenters. The first kappa shape index (κ1) is 23.0. The summed E-state index contributed by atoms with van der Waals surface area (Å²) in [4.78, 5) is 26.1. The zero-order valence-corrected chi connectivity index (χ0v) is 20.8. The Hall–Kier alpha value is -3.72. The molecule has 1 N–H and O–H groups in total. The SMILES string of the molecule is CC1(C)CCC(C)(C)c2cc(C(=O)c3ccc4cc(C(=O)Nc5ccccc5)ccc4c3)ccc21. The van der Waals surface area contributed by atoms with Crippen LogP contribution in [0.4, 0.5) is 5.69 Å². The second-order valence-corrected chi connectivity index (χ2v) is 11.0. The van der Waals surface area contributed by atoms with Crippen molar-refractivity contribution in [3.05, 3.63) is 113 Å². The minimum Gasteiger partial charge on any atom is -0.322 e. The van der Waals surface area contributed by atoms with Gasteiger partial charge in [0.15, 0.2) is 5.78 Å². The fourth-order valence-electron chi connectivity index (χ4n) is 5.15. The highest BCUT2D eigenvalue weighted by Gasteiger charge is 2.37. The number of nitrogens with one attached hydrogen (secondary N) is 1. The van der Waals surface area contributed by atoms with E-state index in [1.807, 2.05) is 66.7 Å². The van der Waals surface area contributed by atoms with E-state index in [0.29, 0.717) is 11.1 Å². The fourth-order valence-corrected chi connectivity index (χ4v) is 5.15. The molecule has 0 saturated carbocycles. The number of hydrogen-bond acceptors (Lipinski definition) is 2. The van der Waals surface area contributed by atoms with Crippen molar-refractivity contribution in [3.63, 3.8) is 0 Å². The molecule has 176 valence electrons. The Morgan fingerprint density at radius 1 is 0.629 bits per heavy atom. The van der Waals surface area contributed by atoms with Gasteiger partial charge in [-0.15, -0.1) is 0 Å². The number of hydrogen-bond donors (Lipinski definition) is 1. The number of rotatable bonds is 4. The number of carbonyl (C=O) groups is 2. The third-order valence-corrected chi connectivity index (χ3v) is 7.51. The van der Waals surface area contributed by atoms with Gasteiger partial charge in [0.05, 0.1) is 0 Å². The van der Waals surface area contributed by atoms with Crippen molar-refractivity contribution in [2.45, 2.75) is 51.4 Å². The minimum absolute atomic E-state index is 0.0276. The number of para-hydroxylation sites is 1. The van der Waals surface area contributed by atoms with E-state index in [4.69, 9.17) is 0 Å². The smallest absolute Gasteiger partial charge is 0.255 e. The molecule has 35 heavy (non-hydrogen) atoms. The molecule has 1 aliphatic rings. The quantitative estimate of drug-likeness (QED) is 0.317. The first-order chi connectivity index (χ1) is 16.6. The summed E-state index contributed by atoms with van der Waals surface area (Å²) in [6, 6.07) is 26.9. The van der Waals surface area contributed by atoms with Crippen molar-refractivity contribution < 1.29 is 9.59 Å². The van der Waals surface area contributed by atoms with Crippen LogP contribution < -0.4 is 5.32 Å². The van der Waals surface area contributed by atoms with Gasteiger partial charge in [-0.3, -0.25) is 9.59 Å². The van der Waals surface area contributed by atoms with Gasteiger partial charge >= 0.3 is 0 Å². The Labute approximate surface area is 207 Å². The van der Waals surface area contributed by atoms with E-state index in [0.717, 1.165) is 34.9 Å². The topological polar surface area (TPSA) is 46.2 Å². The van der Waals surface area contributed by atoms with Crippen LogP contribution in [0.5, 0.6) is 0 Å².